The quantitative estimate of drug-likeness (QED) is 0.719. The second-order valence-corrected chi connectivity index (χ2v) is 4.79. The maximum absolute atomic E-state index is 9.83. The normalized spacial score (nSPS) is 13.9. The molecule has 108 valence electrons. The summed E-state index contributed by atoms with van der Waals surface area (Å²) < 4.78 is 10.7. The number of para-hydroxylation sites is 2. The van der Waals surface area contributed by atoms with E-state index in [0.717, 1.165) is 13.0 Å². The maximum atomic E-state index is 9.83. The highest BCUT2D eigenvalue weighted by molar-refractivity contribution is 5.39. The lowest BCUT2D eigenvalue weighted by Crippen LogP contribution is -2.33. The van der Waals surface area contributed by atoms with Gasteiger partial charge < -0.3 is 19.9 Å². The molecule has 0 aliphatic heterocycles. The summed E-state index contributed by atoms with van der Waals surface area (Å²) in [6.07, 6.45) is 0.620. The third kappa shape index (κ3) is 5.94. The van der Waals surface area contributed by atoms with Crippen molar-refractivity contribution in [1.29, 1.82) is 0 Å². The third-order valence-corrected chi connectivity index (χ3v) is 3.07. The van der Waals surface area contributed by atoms with Crippen molar-refractivity contribution in [1.82, 2.24) is 5.32 Å². The molecular formula is C15H25NO3. The number of rotatable bonds is 9. The Morgan fingerprint density at radius 3 is 2.53 bits per heavy atom. The van der Waals surface area contributed by atoms with E-state index < -0.39 is 6.10 Å². The van der Waals surface area contributed by atoms with Crippen LogP contribution in [0.3, 0.4) is 0 Å². The Balaban J connectivity index is 2.27. The smallest absolute Gasteiger partial charge is 0.161 e. The molecule has 0 spiro atoms. The zero-order valence-electron chi connectivity index (χ0n) is 12.1. The highest BCUT2D eigenvalue weighted by Crippen LogP contribution is 2.25. The minimum Gasteiger partial charge on any atom is -0.493 e. The topological polar surface area (TPSA) is 50.7 Å². The van der Waals surface area contributed by atoms with Crippen LogP contribution in [0.5, 0.6) is 11.5 Å². The molecular weight excluding hydrogens is 242 g/mol. The summed E-state index contributed by atoms with van der Waals surface area (Å²) in [6, 6.07) is 7.43. The van der Waals surface area contributed by atoms with Crippen molar-refractivity contribution in [2.45, 2.75) is 26.4 Å². The Kier molecular flexibility index (Phi) is 7.30. The minimum atomic E-state index is -0.519. The molecule has 4 heteroatoms. The predicted octanol–water partition coefficient (Wildman–Crippen LogP) is 2.07. The first-order chi connectivity index (χ1) is 9.17. The number of aliphatic hydroxyl groups is 1. The molecule has 0 saturated carbocycles. The van der Waals surface area contributed by atoms with E-state index in [1.807, 2.05) is 24.3 Å². The molecule has 19 heavy (non-hydrogen) atoms. The van der Waals surface area contributed by atoms with Crippen molar-refractivity contribution in [3.63, 3.8) is 0 Å². The lowest BCUT2D eigenvalue weighted by atomic mass is 10.1. The van der Waals surface area contributed by atoms with Crippen molar-refractivity contribution >= 4 is 0 Å². The van der Waals surface area contributed by atoms with E-state index in [1.165, 1.54) is 0 Å². The standard InChI is InChI=1S/C15H25NO3/c1-4-12(2)9-16-10-13(17)11-19-15-8-6-5-7-14(15)18-3/h5-8,12-13,16-17H,4,9-11H2,1-3H3. The summed E-state index contributed by atoms with van der Waals surface area (Å²) in [5, 5.41) is 13.1. The van der Waals surface area contributed by atoms with Gasteiger partial charge in [-0.05, 0) is 24.6 Å². The first-order valence-corrected chi connectivity index (χ1v) is 6.82. The van der Waals surface area contributed by atoms with Crippen LogP contribution < -0.4 is 14.8 Å². The molecule has 2 unspecified atom stereocenters. The predicted molar refractivity (Wildman–Crippen MR) is 76.8 cm³/mol. The molecule has 0 aliphatic rings. The Labute approximate surface area is 115 Å². The minimum absolute atomic E-state index is 0.258. The van der Waals surface area contributed by atoms with Crippen LogP contribution in [0.15, 0.2) is 24.3 Å². The van der Waals surface area contributed by atoms with Gasteiger partial charge in [0, 0.05) is 6.54 Å². The monoisotopic (exact) mass is 267 g/mol. The Hall–Kier alpha value is -1.26. The SMILES string of the molecule is CCC(C)CNCC(O)COc1ccccc1OC. The summed E-state index contributed by atoms with van der Waals surface area (Å²) in [4.78, 5) is 0. The van der Waals surface area contributed by atoms with Gasteiger partial charge in [0.2, 0.25) is 0 Å². The van der Waals surface area contributed by atoms with Crippen LogP contribution in [0.4, 0.5) is 0 Å². The van der Waals surface area contributed by atoms with Crippen molar-refractivity contribution in [2.75, 3.05) is 26.8 Å². The number of methoxy groups -OCH3 is 1. The molecule has 0 aromatic heterocycles. The van der Waals surface area contributed by atoms with Gasteiger partial charge in [0.25, 0.3) is 0 Å². The summed E-state index contributed by atoms with van der Waals surface area (Å²) in [6.45, 7) is 6.06. The number of hydrogen-bond acceptors (Lipinski definition) is 4. The van der Waals surface area contributed by atoms with Gasteiger partial charge in [-0.25, -0.2) is 0 Å². The molecule has 0 saturated heterocycles. The molecule has 1 aromatic rings. The van der Waals surface area contributed by atoms with Gasteiger partial charge in [0.05, 0.1) is 7.11 Å². The van der Waals surface area contributed by atoms with Crippen LogP contribution >= 0.6 is 0 Å². The van der Waals surface area contributed by atoms with Crippen molar-refractivity contribution in [3.8, 4) is 11.5 Å². The molecule has 0 bridgehead atoms. The number of ether oxygens (including phenoxy) is 2. The zero-order valence-corrected chi connectivity index (χ0v) is 12.1. The Morgan fingerprint density at radius 1 is 1.21 bits per heavy atom. The van der Waals surface area contributed by atoms with Gasteiger partial charge >= 0.3 is 0 Å². The fourth-order valence-corrected chi connectivity index (χ4v) is 1.62. The molecule has 1 aromatic carbocycles. The molecule has 4 nitrogen and oxygen atoms in total. The van der Waals surface area contributed by atoms with Crippen molar-refractivity contribution < 1.29 is 14.6 Å². The fraction of sp³-hybridized carbons (Fsp3) is 0.600. The number of nitrogens with one attached hydrogen (secondary N) is 1. The van der Waals surface area contributed by atoms with Gasteiger partial charge in [0.15, 0.2) is 11.5 Å². The molecule has 1 rings (SSSR count). The van der Waals surface area contributed by atoms with Crippen LogP contribution in [0, 0.1) is 5.92 Å². The van der Waals surface area contributed by atoms with Crippen LogP contribution in [0.1, 0.15) is 20.3 Å². The third-order valence-electron chi connectivity index (χ3n) is 3.07. The lowest BCUT2D eigenvalue weighted by molar-refractivity contribution is 0.104. The van der Waals surface area contributed by atoms with Crippen molar-refractivity contribution in [3.05, 3.63) is 24.3 Å². The van der Waals surface area contributed by atoms with Gasteiger partial charge in [-0.3, -0.25) is 0 Å². The largest absolute Gasteiger partial charge is 0.493 e. The number of benzene rings is 1. The van der Waals surface area contributed by atoms with E-state index in [2.05, 4.69) is 19.2 Å². The first-order valence-electron chi connectivity index (χ1n) is 6.82. The molecule has 0 aliphatic carbocycles. The lowest BCUT2D eigenvalue weighted by Gasteiger charge is -2.16. The fourth-order valence-electron chi connectivity index (χ4n) is 1.62. The summed E-state index contributed by atoms with van der Waals surface area (Å²) in [5.41, 5.74) is 0. The number of hydrogen-bond donors (Lipinski definition) is 2. The van der Waals surface area contributed by atoms with E-state index in [-0.39, 0.29) is 6.61 Å². The average Bonchev–Trinajstić information content (AvgIpc) is 2.45. The molecule has 0 amide bonds. The summed E-state index contributed by atoms with van der Waals surface area (Å²) >= 11 is 0. The van der Waals surface area contributed by atoms with E-state index in [1.54, 1.807) is 7.11 Å². The van der Waals surface area contributed by atoms with E-state index in [0.29, 0.717) is 24.0 Å². The van der Waals surface area contributed by atoms with Gasteiger partial charge in [-0.15, -0.1) is 0 Å². The average molecular weight is 267 g/mol. The molecule has 0 heterocycles. The zero-order chi connectivity index (χ0) is 14.1. The van der Waals surface area contributed by atoms with Crippen LogP contribution in [0.2, 0.25) is 0 Å². The Morgan fingerprint density at radius 2 is 1.89 bits per heavy atom. The van der Waals surface area contributed by atoms with Gasteiger partial charge in [-0.1, -0.05) is 32.4 Å². The Bertz CT molecular complexity index is 357. The second-order valence-electron chi connectivity index (χ2n) is 4.79. The highest BCUT2D eigenvalue weighted by atomic mass is 16.5. The van der Waals surface area contributed by atoms with E-state index in [4.69, 9.17) is 9.47 Å². The van der Waals surface area contributed by atoms with Crippen LogP contribution in [-0.4, -0.2) is 38.0 Å². The second kappa shape index (κ2) is 8.77. The van der Waals surface area contributed by atoms with E-state index in [9.17, 15) is 5.11 Å². The maximum Gasteiger partial charge on any atom is 0.161 e. The molecule has 0 fully saturated rings. The molecule has 2 N–H and O–H groups in total. The van der Waals surface area contributed by atoms with E-state index >= 15 is 0 Å². The summed E-state index contributed by atoms with van der Waals surface area (Å²) in [5.74, 6) is 1.97. The highest BCUT2D eigenvalue weighted by Gasteiger charge is 2.08. The molecule has 2 atom stereocenters. The molecule has 0 radical (unpaired) electrons. The summed E-state index contributed by atoms with van der Waals surface area (Å²) in [7, 11) is 1.60. The van der Waals surface area contributed by atoms with Crippen LogP contribution in [0.25, 0.3) is 0 Å². The number of aliphatic hydroxyl groups excluding tert-OH is 1. The van der Waals surface area contributed by atoms with Crippen molar-refractivity contribution in [2.24, 2.45) is 5.92 Å². The van der Waals surface area contributed by atoms with Gasteiger partial charge in [-0.2, -0.15) is 0 Å². The van der Waals surface area contributed by atoms with Crippen LogP contribution in [-0.2, 0) is 0 Å². The van der Waals surface area contributed by atoms with Gasteiger partial charge in [0.1, 0.15) is 12.7 Å². The first kappa shape index (κ1) is 15.8.